The molecule has 0 aromatic carbocycles. The number of carbonyl (C=O) groups excluding carboxylic acids is 4. The van der Waals surface area contributed by atoms with Crippen LogP contribution in [0.2, 0.25) is 0 Å². The van der Waals surface area contributed by atoms with Crippen molar-refractivity contribution in [2.24, 2.45) is 22.7 Å². The Balaban J connectivity index is 1.63. The Kier molecular flexibility index (Phi) is 7.43. The van der Waals surface area contributed by atoms with Crippen molar-refractivity contribution in [3.8, 4) is 0 Å². The number of Topliss-reactive ketones (excluding diaryl/α,β-unsaturated/α-hetero) is 1. The number of hydrogen-bond donors (Lipinski definition) is 2. The van der Waals surface area contributed by atoms with Crippen LogP contribution in [0.25, 0.3) is 0 Å². The zero-order valence-corrected chi connectivity index (χ0v) is 19.2. The quantitative estimate of drug-likeness (QED) is 0.304. The molecule has 2 N–H and O–H groups in total. The van der Waals surface area contributed by atoms with Crippen molar-refractivity contribution in [1.82, 2.24) is 10.6 Å². The fourth-order valence-electron chi connectivity index (χ4n) is 3.63. The Labute approximate surface area is 179 Å². The number of unbranched alkanes of at least 4 members (excludes halogenated alkanes) is 2. The van der Waals surface area contributed by atoms with Gasteiger partial charge in [0.1, 0.15) is 0 Å². The molecule has 0 radical (unpaired) electrons. The molecule has 0 spiro atoms. The Morgan fingerprint density at radius 2 is 1.30 bits per heavy atom. The van der Waals surface area contributed by atoms with Crippen LogP contribution < -0.4 is 10.6 Å². The van der Waals surface area contributed by atoms with Crippen molar-refractivity contribution in [3.05, 3.63) is 23.5 Å². The highest BCUT2D eigenvalue weighted by Gasteiger charge is 2.51. The third kappa shape index (κ3) is 6.92. The van der Waals surface area contributed by atoms with Crippen molar-refractivity contribution in [2.45, 2.75) is 80.1 Å². The highest BCUT2D eigenvalue weighted by atomic mass is 16.2. The largest absolute Gasteiger partial charge is 0.330 e. The van der Waals surface area contributed by atoms with Gasteiger partial charge < -0.3 is 10.6 Å². The van der Waals surface area contributed by atoms with E-state index in [-0.39, 0.29) is 40.9 Å². The van der Waals surface area contributed by atoms with Gasteiger partial charge in [-0.3, -0.25) is 19.2 Å². The van der Waals surface area contributed by atoms with Crippen molar-refractivity contribution in [1.29, 1.82) is 0 Å². The van der Waals surface area contributed by atoms with Crippen molar-refractivity contribution in [2.75, 3.05) is 0 Å². The lowest BCUT2D eigenvalue weighted by Gasteiger charge is -2.07. The van der Waals surface area contributed by atoms with Gasteiger partial charge in [-0.1, -0.05) is 33.8 Å². The molecule has 2 unspecified atom stereocenters. The number of ketones is 2. The summed E-state index contributed by atoms with van der Waals surface area (Å²) in [7, 11) is 0. The third-order valence-corrected chi connectivity index (χ3v) is 6.23. The second kappa shape index (κ2) is 9.27. The lowest BCUT2D eigenvalue weighted by molar-refractivity contribution is -0.134. The van der Waals surface area contributed by atoms with Gasteiger partial charge in [-0.15, -0.1) is 0 Å². The van der Waals surface area contributed by atoms with Crippen LogP contribution in [0, 0.1) is 22.7 Å². The molecule has 2 rings (SSSR count). The topological polar surface area (TPSA) is 92.3 Å². The van der Waals surface area contributed by atoms with E-state index in [1.807, 2.05) is 26.8 Å². The molecule has 2 fully saturated rings. The number of allylic oxidation sites excluding steroid dienone is 4. The van der Waals surface area contributed by atoms with E-state index in [1.165, 1.54) is 6.08 Å². The van der Waals surface area contributed by atoms with Crippen molar-refractivity contribution < 1.29 is 19.2 Å². The number of rotatable bonds is 11. The summed E-state index contributed by atoms with van der Waals surface area (Å²) in [5.74, 6) is -0.956. The van der Waals surface area contributed by atoms with E-state index in [4.69, 9.17) is 0 Å². The molecule has 2 aliphatic rings. The molecule has 0 heterocycles. The minimum Gasteiger partial charge on any atom is -0.330 e. The smallest absolute Gasteiger partial charge is 0.227 e. The van der Waals surface area contributed by atoms with E-state index in [9.17, 15) is 19.2 Å². The van der Waals surface area contributed by atoms with Crippen LogP contribution >= 0.6 is 0 Å². The first kappa shape index (κ1) is 24.0. The van der Waals surface area contributed by atoms with Gasteiger partial charge in [0.2, 0.25) is 23.4 Å². The van der Waals surface area contributed by atoms with Crippen LogP contribution in [-0.2, 0) is 19.2 Å². The zero-order chi connectivity index (χ0) is 22.7. The molecule has 2 aliphatic carbocycles. The van der Waals surface area contributed by atoms with Gasteiger partial charge in [0.05, 0.1) is 0 Å². The molecule has 0 bridgehead atoms. The number of amides is 2. The van der Waals surface area contributed by atoms with Gasteiger partial charge in [0.25, 0.3) is 0 Å². The summed E-state index contributed by atoms with van der Waals surface area (Å²) in [6, 6.07) is 0. The number of carbonyl (C=O) groups is 4. The Bertz CT molecular complexity index is 789. The van der Waals surface area contributed by atoms with Crippen LogP contribution in [0.5, 0.6) is 0 Å². The summed E-state index contributed by atoms with van der Waals surface area (Å²) in [4.78, 5) is 48.1. The highest BCUT2D eigenvalue weighted by molar-refractivity contribution is 6.41. The van der Waals surface area contributed by atoms with Gasteiger partial charge >= 0.3 is 0 Å². The Morgan fingerprint density at radius 1 is 0.833 bits per heavy atom. The molecule has 0 aromatic rings. The summed E-state index contributed by atoms with van der Waals surface area (Å²) in [6.07, 6.45) is 7.23. The zero-order valence-electron chi connectivity index (χ0n) is 19.2. The molecule has 6 heteroatoms. The Hall–Kier alpha value is -2.24. The summed E-state index contributed by atoms with van der Waals surface area (Å²) in [6.45, 7) is 11.7. The highest BCUT2D eigenvalue weighted by Crippen LogP contribution is 2.52. The minimum atomic E-state index is -0.575. The number of nitrogens with one attached hydrogen (secondary N) is 2. The van der Waals surface area contributed by atoms with E-state index in [2.05, 4.69) is 24.5 Å². The molecular formula is C24H36N2O4. The molecule has 30 heavy (non-hydrogen) atoms. The monoisotopic (exact) mass is 416 g/mol. The van der Waals surface area contributed by atoms with Gasteiger partial charge in [-0.25, -0.2) is 0 Å². The van der Waals surface area contributed by atoms with Crippen LogP contribution in [0.3, 0.4) is 0 Å². The SMILES string of the molecule is CC(=CCCCCC(=O)C(=O)C=C(C)NC(=O)C1CC1(C)C)NC(=O)C1CC1(C)C. The van der Waals surface area contributed by atoms with Gasteiger partial charge in [0, 0.05) is 35.7 Å². The molecule has 2 amide bonds. The summed E-state index contributed by atoms with van der Waals surface area (Å²) in [5, 5.41) is 5.64. The molecule has 6 nitrogen and oxygen atoms in total. The summed E-state index contributed by atoms with van der Waals surface area (Å²) < 4.78 is 0. The lowest BCUT2D eigenvalue weighted by atomic mass is 10.1. The first-order valence-corrected chi connectivity index (χ1v) is 10.9. The van der Waals surface area contributed by atoms with Gasteiger partial charge in [-0.05, 0) is 56.8 Å². The van der Waals surface area contributed by atoms with Gasteiger partial charge in [0.15, 0.2) is 0 Å². The molecule has 166 valence electrons. The number of hydrogen-bond acceptors (Lipinski definition) is 4. The normalized spacial score (nSPS) is 24.1. The Morgan fingerprint density at radius 3 is 1.77 bits per heavy atom. The van der Waals surface area contributed by atoms with Gasteiger partial charge in [-0.2, -0.15) is 0 Å². The summed E-state index contributed by atoms with van der Waals surface area (Å²) >= 11 is 0. The van der Waals surface area contributed by atoms with E-state index in [0.29, 0.717) is 12.1 Å². The molecular weight excluding hydrogens is 380 g/mol. The second-order valence-electron chi connectivity index (χ2n) is 10.2. The maximum absolute atomic E-state index is 12.0. The van der Waals surface area contributed by atoms with E-state index >= 15 is 0 Å². The molecule has 2 saturated carbocycles. The summed E-state index contributed by atoms with van der Waals surface area (Å²) in [5.41, 5.74) is 1.38. The van der Waals surface area contributed by atoms with E-state index < -0.39 is 11.6 Å². The maximum Gasteiger partial charge on any atom is 0.227 e. The van der Waals surface area contributed by atoms with Crippen LogP contribution in [-0.4, -0.2) is 23.4 Å². The maximum atomic E-state index is 12.0. The van der Waals surface area contributed by atoms with Crippen LogP contribution in [0.1, 0.15) is 80.1 Å². The average molecular weight is 417 g/mol. The minimum absolute atomic E-state index is 0.0221. The van der Waals surface area contributed by atoms with Crippen LogP contribution in [0.15, 0.2) is 23.5 Å². The van der Waals surface area contributed by atoms with E-state index in [1.54, 1.807) is 6.92 Å². The molecule has 0 aliphatic heterocycles. The lowest BCUT2D eigenvalue weighted by Crippen LogP contribution is -2.26. The fraction of sp³-hybridized carbons (Fsp3) is 0.667. The first-order valence-electron chi connectivity index (χ1n) is 10.9. The van der Waals surface area contributed by atoms with Crippen LogP contribution in [0.4, 0.5) is 0 Å². The predicted octanol–water partition coefficient (Wildman–Crippen LogP) is 3.82. The standard InChI is InChI=1S/C24H36N2O4/c1-15(25-21(29)17-13-23(17,3)4)10-8-7-9-11-19(27)20(28)12-16(2)26-22(30)18-14-24(18,5)6/h10,12,17-18H,7-9,11,13-14H2,1-6H3,(H,25,29)(H,26,30). The predicted molar refractivity (Wildman–Crippen MR) is 116 cm³/mol. The third-order valence-electron chi connectivity index (χ3n) is 6.23. The molecule has 0 saturated heterocycles. The first-order chi connectivity index (χ1) is 13.8. The fourth-order valence-corrected chi connectivity index (χ4v) is 3.63. The molecule has 0 aromatic heterocycles. The van der Waals surface area contributed by atoms with Crippen molar-refractivity contribution >= 4 is 23.4 Å². The van der Waals surface area contributed by atoms with E-state index in [0.717, 1.165) is 31.4 Å². The average Bonchev–Trinajstić information content (AvgIpc) is 3.47. The second-order valence-corrected chi connectivity index (χ2v) is 10.2. The van der Waals surface area contributed by atoms with Crippen molar-refractivity contribution in [3.63, 3.8) is 0 Å². The molecule has 2 atom stereocenters.